The van der Waals surface area contributed by atoms with Gasteiger partial charge in [0.15, 0.2) is 0 Å². The molecular weight excluding hydrogens is 168 g/mol. The van der Waals surface area contributed by atoms with E-state index in [1.807, 2.05) is 6.21 Å². The van der Waals surface area contributed by atoms with Crippen LogP contribution in [0.4, 0.5) is 0 Å². The maximum absolute atomic E-state index is 10.9. The Hall–Kier alpha value is -1.52. The molecule has 0 bridgehead atoms. The number of primary amides is 1. The predicted molar refractivity (Wildman–Crippen MR) is 48.9 cm³/mol. The summed E-state index contributed by atoms with van der Waals surface area (Å²) < 4.78 is 0. The fourth-order valence-corrected chi connectivity index (χ4v) is 1.54. The molecule has 0 spiro atoms. The molecule has 70 valence electrons. The van der Waals surface area contributed by atoms with Crippen LogP contribution in [0, 0.1) is 0 Å². The normalized spacial score (nSPS) is 26.0. The second-order valence-corrected chi connectivity index (χ2v) is 3.18. The molecule has 1 saturated heterocycles. The van der Waals surface area contributed by atoms with Gasteiger partial charge in [0.25, 0.3) is 0 Å². The standard InChI is InChI=1S/C8H12N4O/c9-8(13)6-1-3-12-4-2-10-5-7(12)11-6/h2,5-6,11H,1,3-4H2,(H2,9,13). The van der Waals surface area contributed by atoms with Gasteiger partial charge in [-0.25, -0.2) is 0 Å². The third-order valence-electron chi connectivity index (χ3n) is 2.30. The van der Waals surface area contributed by atoms with Crippen LogP contribution in [-0.2, 0) is 4.79 Å². The van der Waals surface area contributed by atoms with E-state index in [1.165, 1.54) is 0 Å². The van der Waals surface area contributed by atoms with Gasteiger partial charge in [-0.1, -0.05) is 0 Å². The summed E-state index contributed by atoms with van der Waals surface area (Å²) in [6, 6.07) is -0.240. The van der Waals surface area contributed by atoms with Crippen molar-refractivity contribution in [2.24, 2.45) is 10.7 Å². The first-order valence-corrected chi connectivity index (χ1v) is 4.30. The summed E-state index contributed by atoms with van der Waals surface area (Å²) in [6.45, 7) is 1.67. The number of amides is 1. The molecule has 0 aliphatic carbocycles. The molecule has 0 aromatic heterocycles. The van der Waals surface area contributed by atoms with Gasteiger partial charge in [0.05, 0.1) is 12.7 Å². The van der Waals surface area contributed by atoms with E-state index in [-0.39, 0.29) is 11.9 Å². The van der Waals surface area contributed by atoms with Crippen LogP contribution in [0.1, 0.15) is 6.42 Å². The van der Waals surface area contributed by atoms with Crippen molar-refractivity contribution in [1.29, 1.82) is 0 Å². The maximum Gasteiger partial charge on any atom is 0.240 e. The van der Waals surface area contributed by atoms with Crippen LogP contribution in [0.15, 0.2) is 17.0 Å². The third-order valence-corrected chi connectivity index (χ3v) is 2.30. The zero-order valence-corrected chi connectivity index (χ0v) is 7.23. The maximum atomic E-state index is 10.9. The number of hydrogen-bond acceptors (Lipinski definition) is 4. The number of carbonyl (C=O) groups is 1. The van der Waals surface area contributed by atoms with Crippen LogP contribution < -0.4 is 11.1 Å². The first kappa shape index (κ1) is 8.10. The van der Waals surface area contributed by atoms with Crippen LogP contribution in [0.5, 0.6) is 0 Å². The molecule has 3 N–H and O–H groups in total. The van der Waals surface area contributed by atoms with Crippen molar-refractivity contribution in [2.45, 2.75) is 12.5 Å². The molecule has 2 aliphatic heterocycles. The van der Waals surface area contributed by atoms with Crippen LogP contribution in [0.25, 0.3) is 0 Å². The Morgan fingerprint density at radius 1 is 1.77 bits per heavy atom. The van der Waals surface area contributed by atoms with E-state index in [0.29, 0.717) is 0 Å². The fourth-order valence-electron chi connectivity index (χ4n) is 1.54. The van der Waals surface area contributed by atoms with Gasteiger partial charge in [0.1, 0.15) is 11.9 Å². The lowest BCUT2D eigenvalue weighted by molar-refractivity contribution is -0.120. The van der Waals surface area contributed by atoms with E-state index >= 15 is 0 Å². The number of nitrogens with two attached hydrogens (primary N) is 1. The molecule has 0 aromatic rings. The average molecular weight is 180 g/mol. The predicted octanol–water partition coefficient (Wildman–Crippen LogP) is -0.981. The largest absolute Gasteiger partial charge is 0.368 e. The minimum absolute atomic E-state index is 0.240. The summed E-state index contributed by atoms with van der Waals surface area (Å²) >= 11 is 0. The molecule has 5 heteroatoms. The minimum Gasteiger partial charge on any atom is -0.368 e. The summed E-state index contributed by atoms with van der Waals surface area (Å²) in [4.78, 5) is 17.0. The van der Waals surface area contributed by atoms with E-state index in [4.69, 9.17) is 5.73 Å². The average Bonchev–Trinajstić information content (AvgIpc) is 2.17. The quantitative estimate of drug-likeness (QED) is 0.545. The Kier molecular flexibility index (Phi) is 1.92. The highest BCUT2D eigenvalue weighted by molar-refractivity contribution is 5.80. The molecule has 0 aromatic carbocycles. The van der Waals surface area contributed by atoms with Gasteiger partial charge in [-0.05, 0) is 6.42 Å². The van der Waals surface area contributed by atoms with Gasteiger partial charge in [0, 0.05) is 12.8 Å². The van der Waals surface area contributed by atoms with Crippen molar-refractivity contribution in [3.63, 3.8) is 0 Å². The summed E-state index contributed by atoms with van der Waals surface area (Å²) in [5.74, 6) is 0.604. The molecule has 2 rings (SSSR count). The smallest absolute Gasteiger partial charge is 0.240 e. The monoisotopic (exact) mass is 180 g/mol. The highest BCUT2D eigenvalue weighted by atomic mass is 16.1. The summed E-state index contributed by atoms with van der Waals surface area (Å²) in [5.41, 5.74) is 5.20. The van der Waals surface area contributed by atoms with Crippen molar-refractivity contribution in [1.82, 2.24) is 10.2 Å². The van der Waals surface area contributed by atoms with Crippen LogP contribution in [0.2, 0.25) is 0 Å². The Morgan fingerprint density at radius 3 is 3.38 bits per heavy atom. The molecule has 1 amide bonds. The Labute approximate surface area is 76.3 Å². The first-order valence-electron chi connectivity index (χ1n) is 4.30. The third kappa shape index (κ3) is 1.49. The van der Waals surface area contributed by atoms with Gasteiger partial charge in [-0.15, -0.1) is 0 Å². The van der Waals surface area contributed by atoms with E-state index in [9.17, 15) is 4.79 Å². The Bertz CT molecular complexity index is 284. The zero-order valence-electron chi connectivity index (χ0n) is 7.23. The Balaban J connectivity index is 2.09. The molecule has 2 heterocycles. The number of fused-ring (bicyclic) bond motifs is 1. The molecule has 5 nitrogen and oxygen atoms in total. The number of carbonyl (C=O) groups excluding carboxylic acids is 1. The highest BCUT2D eigenvalue weighted by Crippen LogP contribution is 2.13. The lowest BCUT2D eigenvalue weighted by Gasteiger charge is -2.36. The molecule has 1 fully saturated rings. The van der Waals surface area contributed by atoms with Gasteiger partial charge >= 0.3 is 0 Å². The number of rotatable bonds is 1. The summed E-state index contributed by atoms with van der Waals surface area (Å²) in [5, 5.41) is 3.05. The van der Waals surface area contributed by atoms with E-state index < -0.39 is 0 Å². The van der Waals surface area contributed by atoms with Crippen molar-refractivity contribution < 1.29 is 4.79 Å². The number of aliphatic imine (C=N–C) groups is 1. The topological polar surface area (TPSA) is 70.7 Å². The zero-order chi connectivity index (χ0) is 9.26. The lowest BCUT2D eigenvalue weighted by atomic mass is 10.1. The van der Waals surface area contributed by atoms with Crippen molar-refractivity contribution >= 4 is 12.1 Å². The second-order valence-electron chi connectivity index (χ2n) is 3.18. The molecule has 2 aliphatic rings. The molecular formula is C8H12N4O. The molecule has 1 atom stereocenters. The second kappa shape index (κ2) is 3.08. The van der Waals surface area contributed by atoms with Crippen LogP contribution >= 0.6 is 0 Å². The first-order chi connectivity index (χ1) is 6.27. The van der Waals surface area contributed by atoms with Gasteiger partial charge in [-0.2, -0.15) is 0 Å². The molecule has 13 heavy (non-hydrogen) atoms. The molecule has 0 radical (unpaired) electrons. The Morgan fingerprint density at radius 2 is 2.62 bits per heavy atom. The van der Waals surface area contributed by atoms with E-state index in [0.717, 1.165) is 25.3 Å². The van der Waals surface area contributed by atoms with Gasteiger partial charge in [0.2, 0.25) is 5.91 Å². The van der Waals surface area contributed by atoms with Crippen LogP contribution in [-0.4, -0.2) is 36.2 Å². The SMILES string of the molecule is NC(=O)C1CCN2CC=NC=C2N1. The molecule has 1 unspecified atom stereocenters. The lowest BCUT2D eigenvalue weighted by Crippen LogP contribution is -2.52. The van der Waals surface area contributed by atoms with E-state index in [2.05, 4.69) is 15.2 Å². The van der Waals surface area contributed by atoms with Crippen molar-refractivity contribution in [2.75, 3.05) is 13.1 Å². The van der Waals surface area contributed by atoms with Crippen molar-refractivity contribution in [3.8, 4) is 0 Å². The number of nitrogens with zero attached hydrogens (tertiary/aromatic N) is 2. The number of nitrogens with one attached hydrogen (secondary N) is 1. The van der Waals surface area contributed by atoms with Crippen molar-refractivity contribution in [3.05, 3.63) is 12.0 Å². The fraction of sp³-hybridized carbons (Fsp3) is 0.500. The summed E-state index contributed by atoms with van der Waals surface area (Å²) in [7, 11) is 0. The van der Waals surface area contributed by atoms with Crippen LogP contribution in [0.3, 0.4) is 0 Å². The number of hydrogen-bond donors (Lipinski definition) is 2. The highest BCUT2D eigenvalue weighted by Gasteiger charge is 2.25. The van der Waals surface area contributed by atoms with E-state index in [1.54, 1.807) is 6.20 Å². The summed E-state index contributed by atoms with van der Waals surface area (Å²) in [6.07, 6.45) is 4.33. The van der Waals surface area contributed by atoms with Gasteiger partial charge < -0.3 is 16.0 Å². The minimum atomic E-state index is -0.296. The van der Waals surface area contributed by atoms with Gasteiger partial charge in [-0.3, -0.25) is 9.79 Å². The molecule has 0 saturated carbocycles.